The van der Waals surface area contributed by atoms with Gasteiger partial charge < -0.3 is 20.3 Å². The van der Waals surface area contributed by atoms with Crippen LogP contribution in [0.25, 0.3) is 11.2 Å². The van der Waals surface area contributed by atoms with Crippen molar-refractivity contribution in [3.63, 3.8) is 0 Å². The largest absolute Gasteiger partial charge is 0.488 e. The molecule has 7 nitrogen and oxygen atoms in total. The number of aromatic nitrogens is 4. The summed E-state index contributed by atoms with van der Waals surface area (Å²) >= 11 is 0. The fourth-order valence-corrected chi connectivity index (χ4v) is 2.05. The molecule has 0 aliphatic heterocycles. The number of anilines is 1. The lowest BCUT2D eigenvalue weighted by Crippen LogP contribution is -2.29. The molecule has 4 N–H and O–H groups in total. The summed E-state index contributed by atoms with van der Waals surface area (Å²) in [6, 6.07) is 6.97. The molecule has 0 bridgehead atoms. The highest BCUT2D eigenvalue weighted by molar-refractivity contribution is 6.58. The number of nitrogen functional groups attached to an aromatic ring is 1. The lowest BCUT2D eigenvalue weighted by atomic mass is 9.80. The number of benzene rings is 1. The normalized spacial score (nSPS) is 10.4. The summed E-state index contributed by atoms with van der Waals surface area (Å²) in [6.45, 7) is 0.551. The van der Waals surface area contributed by atoms with E-state index in [4.69, 9.17) is 15.8 Å². The monoisotopic (exact) mass is 305 g/mol. The van der Waals surface area contributed by atoms with Crippen LogP contribution in [0.15, 0.2) is 36.9 Å². The van der Waals surface area contributed by atoms with Gasteiger partial charge in [0.15, 0.2) is 11.5 Å². The number of hydrogen-bond acceptors (Lipinski definition) is 6. The molecular formula is C12H13BClN5O2. The van der Waals surface area contributed by atoms with Gasteiger partial charge in [0.05, 0.1) is 6.33 Å². The van der Waals surface area contributed by atoms with Gasteiger partial charge in [0.1, 0.15) is 11.8 Å². The smallest absolute Gasteiger partial charge is 0.423 e. The van der Waals surface area contributed by atoms with E-state index in [2.05, 4.69) is 15.0 Å². The molecule has 0 spiro atoms. The topological polar surface area (TPSA) is 110 Å². The van der Waals surface area contributed by atoms with E-state index in [1.165, 1.54) is 6.33 Å². The Bertz CT molecular complexity index is 747. The molecule has 3 rings (SSSR count). The Kier molecular flexibility index (Phi) is 4.42. The fourth-order valence-electron chi connectivity index (χ4n) is 2.05. The number of halogens is 1. The summed E-state index contributed by atoms with van der Waals surface area (Å²) in [5.74, 6) is 0.384. The molecule has 0 aliphatic rings. The first-order valence-corrected chi connectivity index (χ1v) is 6.01. The Labute approximate surface area is 127 Å². The number of imidazole rings is 1. The van der Waals surface area contributed by atoms with Crippen molar-refractivity contribution in [2.45, 2.75) is 6.54 Å². The van der Waals surface area contributed by atoms with E-state index in [9.17, 15) is 0 Å². The summed E-state index contributed by atoms with van der Waals surface area (Å²) in [7, 11) is -1.46. The van der Waals surface area contributed by atoms with Crippen LogP contribution in [0.4, 0.5) is 5.82 Å². The van der Waals surface area contributed by atoms with Gasteiger partial charge in [-0.2, -0.15) is 0 Å². The molecule has 108 valence electrons. The Morgan fingerprint density at radius 1 is 1.10 bits per heavy atom. The number of fused-ring (bicyclic) bond motifs is 1. The molecular weight excluding hydrogens is 292 g/mol. The molecule has 0 unspecified atom stereocenters. The minimum Gasteiger partial charge on any atom is -0.423 e. The Balaban J connectivity index is 0.00000161. The van der Waals surface area contributed by atoms with Gasteiger partial charge in [0, 0.05) is 6.54 Å². The number of nitrogens with zero attached hydrogens (tertiary/aromatic N) is 4. The van der Waals surface area contributed by atoms with Gasteiger partial charge in [0.2, 0.25) is 0 Å². The predicted octanol–water partition coefficient (Wildman–Crippen LogP) is -0.442. The molecule has 0 saturated heterocycles. The predicted molar refractivity (Wildman–Crippen MR) is 82.4 cm³/mol. The highest BCUT2D eigenvalue weighted by atomic mass is 35.5. The van der Waals surface area contributed by atoms with Crippen molar-refractivity contribution in [3.05, 3.63) is 42.5 Å². The summed E-state index contributed by atoms with van der Waals surface area (Å²) in [5, 5.41) is 18.1. The third-order valence-electron chi connectivity index (χ3n) is 3.07. The average molecular weight is 306 g/mol. The van der Waals surface area contributed by atoms with Crippen LogP contribution >= 0.6 is 12.4 Å². The van der Waals surface area contributed by atoms with E-state index in [-0.39, 0.29) is 12.4 Å². The Hall–Kier alpha value is -2.16. The maximum atomic E-state index is 9.06. The minimum atomic E-state index is -1.46. The molecule has 0 saturated carbocycles. The van der Waals surface area contributed by atoms with Crippen LogP contribution in [0, 0.1) is 0 Å². The third kappa shape index (κ3) is 2.97. The zero-order valence-corrected chi connectivity index (χ0v) is 11.7. The zero-order valence-electron chi connectivity index (χ0n) is 10.9. The minimum absolute atomic E-state index is 0. The fraction of sp³-hybridized carbons (Fsp3) is 0.0833. The molecule has 2 aromatic heterocycles. The molecule has 0 aliphatic carbocycles. The molecule has 21 heavy (non-hydrogen) atoms. The lowest BCUT2D eigenvalue weighted by Gasteiger charge is -2.06. The molecule has 3 aromatic rings. The quantitative estimate of drug-likeness (QED) is 0.566. The standard InChI is InChI=1S/C12H12BN5O2.ClH/c14-11-10-12(16-6-15-11)17-7-18(10)5-8-1-3-9(4-2-8)13(19)20;/h1-4,6-7,19-20H,5H2,(H2,14,15,16);1H. The van der Waals surface area contributed by atoms with Crippen molar-refractivity contribution in [1.82, 2.24) is 19.5 Å². The Morgan fingerprint density at radius 3 is 2.48 bits per heavy atom. The van der Waals surface area contributed by atoms with Crippen molar-refractivity contribution in [3.8, 4) is 0 Å². The first kappa shape index (κ1) is 15.2. The first-order chi connectivity index (χ1) is 9.65. The SMILES string of the molecule is Cl.Nc1ncnc2ncn(Cc3ccc(B(O)O)cc3)c12. The van der Waals surface area contributed by atoms with Crippen LogP contribution in [0.3, 0.4) is 0 Å². The van der Waals surface area contributed by atoms with E-state index in [1.807, 2.05) is 16.7 Å². The van der Waals surface area contributed by atoms with Crippen LogP contribution in [0.2, 0.25) is 0 Å². The molecule has 1 aromatic carbocycles. The van der Waals surface area contributed by atoms with E-state index in [1.54, 1.807) is 18.5 Å². The molecule has 0 atom stereocenters. The van der Waals surface area contributed by atoms with E-state index in [0.717, 1.165) is 5.56 Å². The van der Waals surface area contributed by atoms with Gasteiger partial charge in [-0.25, -0.2) is 15.0 Å². The highest BCUT2D eigenvalue weighted by Gasteiger charge is 2.11. The maximum absolute atomic E-state index is 9.06. The zero-order chi connectivity index (χ0) is 14.1. The number of nitrogens with two attached hydrogens (primary N) is 1. The van der Waals surface area contributed by atoms with Crippen LogP contribution < -0.4 is 11.2 Å². The number of hydrogen-bond donors (Lipinski definition) is 3. The molecule has 2 heterocycles. The van der Waals surface area contributed by atoms with Gasteiger partial charge in [-0.15, -0.1) is 12.4 Å². The molecule has 0 amide bonds. The van der Waals surface area contributed by atoms with Crippen molar-refractivity contribution in [2.75, 3.05) is 5.73 Å². The molecule has 0 fully saturated rings. The lowest BCUT2D eigenvalue weighted by molar-refractivity contribution is 0.426. The van der Waals surface area contributed by atoms with Crippen molar-refractivity contribution in [1.29, 1.82) is 0 Å². The third-order valence-corrected chi connectivity index (χ3v) is 3.07. The van der Waals surface area contributed by atoms with Crippen LogP contribution in [0.5, 0.6) is 0 Å². The first-order valence-electron chi connectivity index (χ1n) is 6.01. The number of rotatable bonds is 3. The maximum Gasteiger partial charge on any atom is 0.488 e. The van der Waals surface area contributed by atoms with Crippen molar-refractivity contribution >= 4 is 42.0 Å². The summed E-state index contributed by atoms with van der Waals surface area (Å²) in [4.78, 5) is 12.2. The van der Waals surface area contributed by atoms with Gasteiger partial charge >= 0.3 is 7.12 Å². The average Bonchev–Trinajstić information content (AvgIpc) is 2.84. The molecule has 9 heteroatoms. The van der Waals surface area contributed by atoms with Crippen LogP contribution in [-0.4, -0.2) is 36.7 Å². The van der Waals surface area contributed by atoms with E-state index in [0.29, 0.717) is 29.0 Å². The highest BCUT2D eigenvalue weighted by Crippen LogP contribution is 2.16. The van der Waals surface area contributed by atoms with Gasteiger partial charge in [-0.3, -0.25) is 0 Å². The van der Waals surface area contributed by atoms with Gasteiger partial charge in [-0.05, 0) is 11.0 Å². The van der Waals surface area contributed by atoms with Crippen LogP contribution in [0.1, 0.15) is 5.56 Å². The van der Waals surface area contributed by atoms with Crippen molar-refractivity contribution < 1.29 is 10.0 Å². The van der Waals surface area contributed by atoms with Crippen molar-refractivity contribution in [2.24, 2.45) is 0 Å². The van der Waals surface area contributed by atoms with Gasteiger partial charge in [0.25, 0.3) is 0 Å². The summed E-state index contributed by atoms with van der Waals surface area (Å²) in [6.07, 6.45) is 3.04. The summed E-state index contributed by atoms with van der Waals surface area (Å²) in [5.41, 5.74) is 8.52. The van der Waals surface area contributed by atoms with Gasteiger partial charge in [-0.1, -0.05) is 24.3 Å². The second-order valence-electron chi connectivity index (χ2n) is 4.42. The summed E-state index contributed by atoms with van der Waals surface area (Å²) < 4.78 is 1.86. The molecule has 0 radical (unpaired) electrons. The Morgan fingerprint density at radius 2 is 1.81 bits per heavy atom. The van der Waals surface area contributed by atoms with E-state index >= 15 is 0 Å². The second kappa shape index (κ2) is 6.09. The van der Waals surface area contributed by atoms with E-state index < -0.39 is 7.12 Å². The second-order valence-corrected chi connectivity index (χ2v) is 4.42. The van der Waals surface area contributed by atoms with Crippen LogP contribution in [-0.2, 0) is 6.54 Å².